The van der Waals surface area contributed by atoms with Crippen LogP contribution in [0.1, 0.15) is 16.9 Å². The number of benzene rings is 1. The fourth-order valence-corrected chi connectivity index (χ4v) is 2.89. The van der Waals surface area contributed by atoms with Crippen molar-refractivity contribution < 1.29 is 9.18 Å². The van der Waals surface area contributed by atoms with Crippen LogP contribution in [-0.2, 0) is 0 Å². The first-order valence-electron chi connectivity index (χ1n) is 7.85. The first kappa shape index (κ1) is 16.7. The highest BCUT2D eigenvalue weighted by Crippen LogP contribution is 2.23. The molecule has 2 heterocycles. The van der Waals surface area contributed by atoms with E-state index in [0.29, 0.717) is 13.1 Å². The summed E-state index contributed by atoms with van der Waals surface area (Å²) >= 11 is 0. The highest BCUT2D eigenvalue weighted by atomic mass is 19.1. The number of nitrogens with one attached hydrogen (secondary N) is 3. The van der Waals surface area contributed by atoms with E-state index < -0.39 is 17.2 Å². The molecule has 1 aromatic heterocycles. The van der Waals surface area contributed by atoms with Gasteiger partial charge in [-0.2, -0.15) is 0 Å². The van der Waals surface area contributed by atoms with Crippen molar-refractivity contribution in [1.82, 2.24) is 15.3 Å². The second kappa shape index (κ2) is 6.80. The molecule has 25 heavy (non-hydrogen) atoms. The normalized spacial score (nSPS) is 16.8. The smallest absolute Gasteiger partial charge is 0.326 e. The zero-order chi connectivity index (χ0) is 18.0. The van der Waals surface area contributed by atoms with E-state index in [-0.39, 0.29) is 23.1 Å². The van der Waals surface area contributed by atoms with Gasteiger partial charge in [-0.05, 0) is 36.6 Å². The zero-order valence-corrected chi connectivity index (χ0v) is 13.3. The van der Waals surface area contributed by atoms with E-state index in [1.54, 1.807) is 12.1 Å². The lowest BCUT2D eigenvalue weighted by molar-refractivity contribution is 0.0943. The molecule has 1 amide bonds. The molecule has 1 aliphatic rings. The highest BCUT2D eigenvalue weighted by molar-refractivity contribution is 5.96. The Kier molecular flexibility index (Phi) is 4.55. The van der Waals surface area contributed by atoms with Crippen LogP contribution >= 0.6 is 0 Å². The molecule has 1 fully saturated rings. The van der Waals surface area contributed by atoms with Gasteiger partial charge in [-0.1, -0.05) is 0 Å². The number of carbonyl (C=O) groups excluding carboxylic acids is 1. The summed E-state index contributed by atoms with van der Waals surface area (Å²) in [5.74, 6) is -0.680. The first-order chi connectivity index (χ1) is 11.9. The SMILES string of the molecule is Nc1c(C(=O)NCC2CCN(c3ccc(F)cc3)C2)[nH]c(=O)[nH]c1=O. The van der Waals surface area contributed by atoms with Gasteiger partial charge in [-0.15, -0.1) is 0 Å². The van der Waals surface area contributed by atoms with Crippen molar-refractivity contribution in [2.45, 2.75) is 6.42 Å². The van der Waals surface area contributed by atoms with Crippen molar-refractivity contribution in [3.8, 4) is 0 Å². The second-order valence-electron chi connectivity index (χ2n) is 5.98. The van der Waals surface area contributed by atoms with Crippen molar-refractivity contribution in [3.63, 3.8) is 0 Å². The van der Waals surface area contributed by atoms with Crippen molar-refractivity contribution in [3.05, 3.63) is 56.6 Å². The van der Waals surface area contributed by atoms with Crippen LogP contribution in [0.4, 0.5) is 15.8 Å². The molecule has 1 unspecified atom stereocenters. The lowest BCUT2D eigenvalue weighted by Gasteiger charge is -2.18. The van der Waals surface area contributed by atoms with Gasteiger partial charge in [-0.3, -0.25) is 14.6 Å². The van der Waals surface area contributed by atoms with Crippen molar-refractivity contribution >= 4 is 17.3 Å². The molecule has 8 nitrogen and oxygen atoms in total. The number of aromatic nitrogens is 2. The highest BCUT2D eigenvalue weighted by Gasteiger charge is 2.24. The number of hydrogen-bond acceptors (Lipinski definition) is 5. The fraction of sp³-hybridized carbons (Fsp3) is 0.312. The molecule has 3 rings (SSSR count). The minimum Gasteiger partial charge on any atom is -0.392 e. The lowest BCUT2D eigenvalue weighted by atomic mass is 10.1. The third kappa shape index (κ3) is 3.70. The maximum atomic E-state index is 13.0. The van der Waals surface area contributed by atoms with Gasteiger partial charge in [0.1, 0.15) is 17.2 Å². The molecule has 0 aliphatic carbocycles. The summed E-state index contributed by atoms with van der Waals surface area (Å²) in [7, 11) is 0. The minimum atomic E-state index is -0.794. The topological polar surface area (TPSA) is 124 Å². The molecule has 1 aliphatic heterocycles. The number of anilines is 2. The summed E-state index contributed by atoms with van der Waals surface area (Å²) in [5.41, 5.74) is 4.33. The monoisotopic (exact) mass is 347 g/mol. The Bertz CT molecular complexity index is 890. The van der Waals surface area contributed by atoms with Gasteiger partial charge in [0.15, 0.2) is 0 Å². The quantitative estimate of drug-likeness (QED) is 0.622. The molecule has 1 saturated heterocycles. The third-order valence-corrected chi connectivity index (χ3v) is 4.24. The van der Waals surface area contributed by atoms with Gasteiger partial charge in [0, 0.05) is 25.3 Å². The van der Waals surface area contributed by atoms with Gasteiger partial charge in [-0.25, -0.2) is 9.18 Å². The molecule has 1 aromatic carbocycles. The number of nitrogen functional groups attached to an aromatic ring is 1. The summed E-state index contributed by atoms with van der Waals surface area (Å²) in [6.45, 7) is 1.90. The zero-order valence-electron chi connectivity index (χ0n) is 13.3. The molecule has 1 atom stereocenters. The Morgan fingerprint density at radius 3 is 2.72 bits per heavy atom. The van der Waals surface area contributed by atoms with Gasteiger partial charge in [0.05, 0.1) is 0 Å². The number of rotatable bonds is 4. The standard InChI is InChI=1S/C16H18FN5O3/c17-10-1-3-11(4-2-10)22-6-5-9(8-22)7-19-15(24)13-12(18)14(23)21-16(25)20-13/h1-4,9H,5-8,18H2,(H,19,24)(H2,20,21,23,25). The Morgan fingerprint density at radius 1 is 1.28 bits per heavy atom. The number of hydrogen-bond donors (Lipinski definition) is 4. The number of amides is 1. The maximum absolute atomic E-state index is 13.0. The van der Waals surface area contributed by atoms with E-state index in [2.05, 4.69) is 15.2 Å². The Balaban J connectivity index is 1.59. The van der Waals surface area contributed by atoms with Crippen LogP contribution in [0.2, 0.25) is 0 Å². The van der Waals surface area contributed by atoms with Crippen molar-refractivity contribution in [2.75, 3.05) is 30.3 Å². The molecule has 9 heteroatoms. The minimum absolute atomic E-state index is 0.198. The molecule has 5 N–H and O–H groups in total. The number of carbonyl (C=O) groups is 1. The van der Waals surface area contributed by atoms with E-state index in [4.69, 9.17) is 5.73 Å². The van der Waals surface area contributed by atoms with Crippen LogP contribution in [0.15, 0.2) is 33.9 Å². The molecule has 132 valence electrons. The van der Waals surface area contributed by atoms with E-state index in [0.717, 1.165) is 18.7 Å². The number of H-pyrrole nitrogens is 2. The van der Waals surface area contributed by atoms with Crippen LogP contribution in [-0.4, -0.2) is 35.5 Å². The van der Waals surface area contributed by atoms with Crippen LogP contribution in [0.5, 0.6) is 0 Å². The predicted octanol–water partition coefficient (Wildman–Crippen LogP) is 0.0408. The average molecular weight is 347 g/mol. The van der Waals surface area contributed by atoms with E-state index in [1.165, 1.54) is 12.1 Å². The van der Waals surface area contributed by atoms with E-state index in [9.17, 15) is 18.8 Å². The Labute approximate surface area is 141 Å². The maximum Gasteiger partial charge on any atom is 0.326 e. The van der Waals surface area contributed by atoms with Crippen LogP contribution < -0.4 is 27.2 Å². The van der Waals surface area contributed by atoms with Crippen LogP contribution in [0.3, 0.4) is 0 Å². The largest absolute Gasteiger partial charge is 0.392 e. The van der Waals surface area contributed by atoms with E-state index >= 15 is 0 Å². The first-order valence-corrected chi connectivity index (χ1v) is 7.85. The summed E-state index contributed by atoms with van der Waals surface area (Å²) < 4.78 is 13.0. The molecule has 0 spiro atoms. The van der Waals surface area contributed by atoms with Crippen molar-refractivity contribution in [2.24, 2.45) is 5.92 Å². The number of aromatic amines is 2. The Morgan fingerprint density at radius 2 is 2.00 bits per heavy atom. The van der Waals surface area contributed by atoms with E-state index in [1.807, 2.05) is 4.98 Å². The number of nitrogens with two attached hydrogens (primary N) is 1. The van der Waals surface area contributed by atoms with Gasteiger partial charge in [0.2, 0.25) is 0 Å². The summed E-state index contributed by atoms with van der Waals surface area (Å²) in [4.78, 5) is 41.2. The molecular formula is C16H18FN5O3. The number of halogens is 1. The fourth-order valence-electron chi connectivity index (χ4n) is 2.89. The second-order valence-corrected chi connectivity index (χ2v) is 5.98. The average Bonchev–Trinajstić information content (AvgIpc) is 3.05. The van der Waals surface area contributed by atoms with Crippen LogP contribution in [0.25, 0.3) is 0 Å². The van der Waals surface area contributed by atoms with Crippen LogP contribution in [0, 0.1) is 11.7 Å². The van der Waals surface area contributed by atoms with Crippen molar-refractivity contribution in [1.29, 1.82) is 0 Å². The summed E-state index contributed by atoms with van der Waals surface area (Å²) in [6, 6.07) is 6.27. The van der Waals surface area contributed by atoms with Gasteiger partial charge < -0.3 is 20.9 Å². The Hall–Kier alpha value is -3.10. The molecule has 0 saturated carbocycles. The third-order valence-electron chi connectivity index (χ3n) is 4.24. The van der Waals surface area contributed by atoms with Gasteiger partial charge >= 0.3 is 5.69 Å². The molecule has 0 bridgehead atoms. The van der Waals surface area contributed by atoms with Gasteiger partial charge in [0.25, 0.3) is 11.5 Å². The molecule has 2 aromatic rings. The summed E-state index contributed by atoms with van der Waals surface area (Å²) in [5, 5.41) is 2.69. The summed E-state index contributed by atoms with van der Waals surface area (Å²) in [6.07, 6.45) is 0.860. The molecule has 0 radical (unpaired) electrons. The lowest BCUT2D eigenvalue weighted by Crippen LogP contribution is -2.36. The molecular weight excluding hydrogens is 329 g/mol. The number of nitrogens with zero attached hydrogens (tertiary/aromatic N) is 1. The predicted molar refractivity (Wildman–Crippen MR) is 91.1 cm³/mol.